The lowest BCUT2D eigenvalue weighted by atomic mass is 10.3. The van der Waals surface area contributed by atoms with Crippen molar-refractivity contribution in [1.29, 1.82) is 0 Å². The Morgan fingerprint density at radius 3 is 2.52 bits per heavy atom. The zero-order valence-corrected chi connectivity index (χ0v) is 17.5. The number of sulfone groups is 1. The number of halogens is 1. The normalized spacial score (nSPS) is 11.4. The van der Waals surface area contributed by atoms with Crippen LogP contribution in [0.5, 0.6) is 0 Å². The topological polar surface area (TPSA) is 116 Å². The highest BCUT2D eigenvalue weighted by Gasteiger charge is 2.24. The first-order valence-electron chi connectivity index (χ1n) is 8.58. The summed E-state index contributed by atoms with van der Waals surface area (Å²) in [6, 6.07) is 8.93. The number of hydrogen-bond acceptors (Lipinski definition) is 6. The van der Waals surface area contributed by atoms with Crippen LogP contribution in [-0.4, -0.2) is 39.4 Å². The van der Waals surface area contributed by atoms with Crippen LogP contribution in [0.3, 0.4) is 0 Å². The highest BCUT2D eigenvalue weighted by atomic mass is 35.5. The Hall–Kier alpha value is -2.98. The molecule has 3 rings (SSSR count). The maximum absolute atomic E-state index is 12.9. The van der Waals surface area contributed by atoms with Crippen molar-refractivity contribution < 1.29 is 13.2 Å². The molecule has 0 spiro atoms. The predicted octanol–water partition coefficient (Wildman–Crippen LogP) is 1.97. The summed E-state index contributed by atoms with van der Waals surface area (Å²) in [5.41, 5.74) is 0.383. The first-order chi connectivity index (χ1) is 13.7. The Kier molecular flexibility index (Phi) is 5.58. The monoisotopic (exact) mass is 435 g/mol. The molecule has 0 radical (unpaired) electrons. The average molecular weight is 436 g/mol. The number of carbonyl (C=O) groups excluding carboxylic acids is 1. The van der Waals surface area contributed by atoms with Crippen molar-refractivity contribution in [1.82, 2.24) is 19.3 Å². The van der Waals surface area contributed by atoms with E-state index in [1.54, 1.807) is 42.9 Å². The molecule has 9 nitrogen and oxygen atoms in total. The van der Waals surface area contributed by atoms with Crippen LogP contribution in [0.1, 0.15) is 23.1 Å². The largest absolute Gasteiger partial charge is 0.314 e. The van der Waals surface area contributed by atoms with Crippen molar-refractivity contribution in [2.75, 3.05) is 11.1 Å². The summed E-state index contributed by atoms with van der Waals surface area (Å²) < 4.78 is 27.0. The number of nitrogens with one attached hydrogen (secondary N) is 1. The van der Waals surface area contributed by atoms with Gasteiger partial charge in [-0.2, -0.15) is 0 Å². The van der Waals surface area contributed by atoms with E-state index in [0.29, 0.717) is 11.4 Å². The van der Waals surface area contributed by atoms with E-state index >= 15 is 0 Å². The molecule has 29 heavy (non-hydrogen) atoms. The molecule has 3 aromatic rings. The fourth-order valence-electron chi connectivity index (χ4n) is 2.67. The molecule has 0 saturated carbocycles. The molecule has 0 aliphatic rings. The first kappa shape index (κ1) is 20.7. The standard InChI is InChI=1S/C18H18ClN5O4S/c1-4-29(27,28)18-20-10-13(19)15(22-18)16(25)21-14-11(2)23(3)24(17(14)26)12-8-6-5-7-9-12/h5-10H,4H2,1-3H3,(H,21,25). The minimum atomic E-state index is -3.73. The number of para-hydroxylation sites is 1. The first-order valence-corrected chi connectivity index (χ1v) is 10.6. The van der Waals surface area contributed by atoms with E-state index in [4.69, 9.17) is 11.6 Å². The third-order valence-corrected chi connectivity index (χ3v) is 6.18. The second kappa shape index (κ2) is 7.80. The highest BCUT2D eigenvalue weighted by Crippen LogP contribution is 2.19. The van der Waals surface area contributed by atoms with E-state index in [0.717, 1.165) is 6.20 Å². The molecule has 1 aromatic carbocycles. The smallest absolute Gasteiger partial charge is 0.295 e. The van der Waals surface area contributed by atoms with Gasteiger partial charge in [0.25, 0.3) is 11.5 Å². The van der Waals surface area contributed by atoms with Crippen LogP contribution in [0.4, 0.5) is 5.69 Å². The van der Waals surface area contributed by atoms with Gasteiger partial charge in [-0.15, -0.1) is 0 Å². The van der Waals surface area contributed by atoms with Gasteiger partial charge in [0.1, 0.15) is 5.69 Å². The van der Waals surface area contributed by atoms with Gasteiger partial charge in [0.05, 0.1) is 28.4 Å². The third-order valence-electron chi connectivity index (χ3n) is 4.39. The van der Waals surface area contributed by atoms with Gasteiger partial charge in [-0.25, -0.2) is 23.1 Å². The number of hydrogen-bond donors (Lipinski definition) is 1. The van der Waals surface area contributed by atoms with Crippen LogP contribution >= 0.6 is 11.6 Å². The van der Waals surface area contributed by atoms with E-state index in [9.17, 15) is 18.0 Å². The minimum absolute atomic E-state index is 0.0379. The molecule has 152 valence electrons. The summed E-state index contributed by atoms with van der Waals surface area (Å²) in [5.74, 6) is -1.04. The zero-order valence-electron chi connectivity index (χ0n) is 15.9. The summed E-state index contributed by atoms with van der Waals surface area (Å²) in [4.78, 5) is 33.1. The molecular weight excluding hydrogens is 418 g/mol. The van der Waals surface area contributed by atoms with E-state index in [-0.39, 0.29) is 22.2 Å². The fourth-order valence-corrected chi connectivity index (χ4v) is 3.55. The van der Waals surface area contributed by atoms with Crippen molar-refractivity contribution in [3.8, 4) is 5.69 Å². The van der Waals surface area contributed by atoms with E-state index < -0.39 is 26.5 Å². The molecule has 0 aliphatic heterocycles. The second-order valence-electron chi connectivity index (χ2n) is 6.14. The molecule has 0 unspecified atom stereocenters. The number of rotatable bonds is 5. The molecule has 11 heteroatoms. The van der Waals surface area contributed by atoms with E-state index in [1.165, 1.54) is 11.6 Å². The summed E-state index contributed by atoms with van der Waals surface area (Å²) in [5, 5.41) is 1.87. The average Bonchev–Trinajstić information content (AvgIpc) is 2.92. The van der Waals surface area contributed by atoms with Crippen LogP contribution in [0.2, 0.25) is 5.02 Å². The number of anilines is 1. The molecule has 0 aliphatic carbocycles. The van der Waals surface area contributed by atoms with Gasteiger partial charge in [-0.3, -0.25) is 14.3 Å². The van der Waals surface area contributed by atoms with Gasteiger partial charge in [0.15, 0.2) is 5.69 Å². The van der Waals surface area contributed by atoms with E-state index in [1.807, 2.05) is 6.07 Å². The Morgan fingerprint density at radius 2 is 1.90 bits per heavy atom. The molecule has 0 saturated heterocycles. The molecule has 1 amide bonds. The molecular formula is C18H18ClN5O4S. The Balaban J connectivity index is 2.03. The van der Waals surface area contributed by atoms with Crippen molar-refractivity contribution in [2.45, 2.75) is 19.0 Å². The summed E-state index contributed by atoms with van der Waals surface area (Å²) in [6.45, 7) is 3.11. The van der Waals surface area contributed by atoms with Crippen LogP contribution in [0.15, 0.2) is 46.5 Å². The fraction of sp³-hybridized carbons (Fsp3) is 0.222. The minimum Gasteiger partial charge on any atom is -0.314 e. The molecule has 2 heterocycles. The lowest BCUT2D eigenvalue weighted by Gasteiger charge is -2.07. The molecule has 2 aromatic heterocycles. The molecule has 0 atom stereocenters. The van der Waals surface area contributed by atoms with Gasteiger partial charge in [-0.1, -0.05) is 36.7 Å². The molecule has 0 bridgehead atoms. The number of benzene rings is 1. The summed E-state index contributed by atoms with van der Waals surface area (Å²) in [7, 11) is -2.05. The van der Waals surface area contributed by atoms with Gasteiger partial charge in [0, 0.05) is 7.05 Å². The lowest BCUT2D eigenvalue weighted by molar-refractivity contribution is 0.102. The quantitative estimate of drug-likeness (QED) is 0.612. The zero-order chi connectivity index (χ0) is 21.3. The van der Waals surface area contributed by atoms with Crippen LogP contribution in [0, 0.1) is 6.92 Å². The number of amides is 1. The Morgan fingerprint density at radius 1 is 1.24 bits per heavy atom. The van der Waals surface area contributed by atoms with Crippen molar-refractivity contribution in [2.24, 2.45) is 7.05 Å². The molecule has 0 fully saturated rings. The summed E-state index contributed by atoms with van der Waals surface area (Å²) in [6.07, 6.45) is 1.05. The van der Waals surface area contributed by atoms with Crippen molar-refractivity contribution >= 4 is 33.0 Å². The maximum Gasteiger partial charge on any atom is 0.295 e. The third kappa shape index (κ3) is 3.81. The van der Waals surface area contributed by atoms with E-state index in [2.05, 4.69) is 15.3 Å². The number of carbonyl (C=O) groups is 1. The van der Waals surface area contributed by atoms with Crippen LogP contribution in [-0.2, 0) is 16.9 Å². The van der Waals surface area contributed by atoms with Crippen LogP contribution in [0.25, 0.3) is 5.69 Å². The number of aromatic nitrogens is 4. The van der Waals surface area contributed by atoms with Gasteiger partial charge in [0.2, 0.25) is 15.0 Å². The van der Waals surface area contributed by atoms with Crippen LogP contribution < -0.4 is 10.9 Å². The lowest BCUT2D eigenvalue weighted by Crippen LogP contribution is -2.24. The van der Waals surface area contributed by atoms with Gasteiger partial charge >= 0.3 is 0 Å². The van der Waals surface area contributed by atoms with Gasteiger partial charge in [-0.05, 0) is 19.1 Å². The predicted molar refractivity (Wildman–Crippen MR) is 108 cm³/mol. The molecule has 1 N–H and O–H groups in total. The van der Waals surface area contributed by atoms with Gasteiger partial charge < -0.3 is 5.32 Å². The maximum atomic E-state index is 12.9. The summed E-state index contributed by atoms with van der Waals surface area (Å²) >= 11 is 5.99. The van der Waals surface area contributed by atoms with Crippen molar-refractivity contribution in [3.05, 3.63) is 63.3 Å². The number of nitrogens with zero attached hydrogens (tertiary/aromatic N) is 4. The SMILES string of the molecule is CCS(=O)(=O)c1ncc(Cl)c(C(=O)Nc2c(C)n(C)n(-c3ccccc3)c2=O)n1. The Labute approximate surface area is 171 Å². The second-order valence-corrected chi connectivity index (χ2v) is 8.72. The van der Waals surface area contributed by atoms with Crippen molar-refractivity contribution in [3.63, 3.8) is 0 Å². The Bertz CT molecular complexity index is 1250. The highest BCUT2D eigenvalue weighted by molar-refractivity contribution is 7.91.